The molecule has 2 aliphatic rings. The molecule has 1 aromatic heterocycles. The van der Waals surface area contributed by atoms with Crippen molar-refractivity contribution in [2.75, 3.05) is 28.7 Å². The summed E-state index contributed by atoms with van der Waals surface area (Å²) in [5, 5.41) is 3.46. The molecule has 0 bridgehead atoms. The van der Waals surface area contributed by atoms with Gasteiger partial charge in [-0.1, -0.05) is 18.2 Å². The van der Waals surface area contributed by atoms with E-state index in [2.05, 4.69) is 15.3 Å². The fourth-order valence-corrected chi connectivity index (χ4v) is 2.88. The summed E-state index contributed by atoms with van der Waals surface area (Å²) in [4.78, 5) is 25.2. The van der Waals surface area contributed by atoms with Crippen LogP contribution >= 0.6 is 0 Å². The lowest BCUT2D eigenvalue weighted by Gasteiger charge is -2.21. The molecule has 1 saturated carbocycles. The van der Waals surface area contributed by atoms with E-state index in [0.29, 0.717) is 19.1 Å². The average molecular weight is 309 g/mol. The van der Waals surface area contributed by atoms with Crippen LogP contribution in [0.15, 0.2) is 36.7 Å². The highest BCUT2D eigenvalue weighted by atomic mass is 16.2. The summed E-state index contributed by atoms with van der Waals surface area (Å²) in [6.45, 7) is 0.792. The van der Waals surface area contributed by atoms with Crippen molar-refractivity contribution in [3.05, 3.63) is 42.2 Å². The zero-order valence-electron chi connectivity index (χ0n) is 13.1. The number of amides is 1. The van der Waals surface area contributed by atoms with E-state index in [0.717, 1.165) is 22.9 Å². The first-order valence-corrected chi connectivity index (χ1v) is 7.89. The van der Waals surface area contributed by atoms with E-state index in [1.807, 2.05) is 47.2 Å². The molecule has 0 radical (unpaired) electrons. The average Bonchev–Trinajstić information content (AvgIpc) is 3.38. The Hall–Kier alpha value is -2.63. The van der Waals surface area contributed by atoms with Crippen LogP contribution in [0.25, 0.3) is 0 Å². The predicted molar refractivity (Wildman–Crippen MR) is 89.6 cm³/mol. The number of carbonyl (C=O) groups excluding carboxylic acids is 1. The van der Waals surface area contributed by atoms with Gasteiger partial charge in [0.25, 0.3) is 0 Å². The van der Waals surface area contributed by atoms with Crippen molar-refractivity contribution in [1.82, 2.24) is 9.97 Å². The number of fused-ring (bicyclic) bond motifs is 1. The van der Waals surface area contributed by atoms with Gasteiger partial charge in [0.05, 0.1) is 18.7 Å². The number of para-hydroxylation sites is 1. The topological polar surface area (TPSA) is 61.4 Å². The summed E-state index contributed by atoms with van der Waals surface area (Å²) in [6, 6.07) is 10.3. The molecule has 0 spiro atoms. The van der Waals surface area contributed by atoms with Gasteiger partial charge in [-0.2, -0.15) is 0 Å². The summed E-state index contributed by atoms with van der Waals surface area (Å²) in [5.41, 5.74) is 1.89. The Kier molecular flexibility index (Phi) is 3.37. The summed E-state index contributed by atoms with van der Waals surface area (Å²) in [7, 11) is 1.90. The number of benzene rings is 1. The zero-order chi connectivity index (χ0) is 15.8. The number of nitrogens with zero attached hydrogens (tertiary/aromatic N) is 4. The molecule has 0 saturated heterocycles. The minimum absolute atomic E-state index is 0.0640. The Morgan fingerprint density at radius 3 is 2.65 bits per heavy atom. The number of hydrogen-bond acceptors (Lipinski definition) is 5. The van der Waals surface area contributed by atoms with Crippen LogP contribution in [-0.2, 0) is 11.3 Å². The molecular weight excluding hydrogens is 290 g/mol. The third-order valence-corrected chi connectivity index (χ3v) is 4.26. The number of anilines is 3. The third-order valence-electron chi connectivity index (χ3n) is 4.26. The molecule has 6 heteroatoms. The molecule has 118 valence electrons. The minimum Gasteiger partial charge on any atom is -0.367 e. The molecule has 2 heterocycles. The van der Waals surface area contributed by atoms with E-state index in [9.17, 15) is 4.79 Å². The molecule has 1 aromatic carbocycles. The second-order valence-corrected chi connectivity index (χ2v) is 6.11. The smallest absolute Gasteiger partial charge is 0.246 e. The van der Waals surface area contributed by atoms with Crippen molar-refractivity contribution in [2.24, 2.45) is 0 Å². The van der Waals surface area contributed by atoms with Crippen LogP contribution in [0.3, 0.4) is 0 Å². The van der Waals surface area contributed by atoms with Gasteiger partial charge in [-0.3, -0.25) is 4.79 Å². The first-order valence-electron chi connectivity index (χ1n) is 7.89. The Labute approximate surface area is 135 Å². The molecular formula is C17H19N5O. The maximum atomic E-state index is 12.7. The number of likely N-dealkylation sites (N-methyl/N-ethyl adjacent to an activating group) is 1. The molecule has 1 fully saturated rings. The minimum atomic E-state index is 0.0640. The highest BCUT2D eigenvalue weighted by Crippen LogP contribution is 2.32. The lowest BCUT2D eigenvalue weighted by atomic mass is 10.2. The molecule has 2 aromatic rings. The Balaban J connectivity index is 1.75. The van der Waals surface area contributed by atoms with E-state index >= 15 is 0 Å². The summed E-state index contributed by atoms with van der Waals surface area (Å²) >= 11 is 0. The molecule has 0 unspecified atom stereocenters. The van der Waals surface area contributed by atoms with E-state index in [4.69, 9.17) is 0 Å². The van der Waals surface area contributed by atoms with Gasteiger partial charge in [-0.05, 0) is 25.0 Å². The molecule has 4 rings (SSSR count). The number of nitrogens with one attached hydrogen (secondary N) is 1. The van der Waals surface area contributed by atoms with Gasteiger partial charge in [0, 0.05) is 18.8 Å². The van der Waals surface area contributed by atoms with E-state index in [1.165, 1.54) is 12.8 Å². The fourth-order valence-electron chi connectivity index (χ4n) is 2.88. The van der Waals surface area contributed by atoms with Gasteiger partial charge >= 0.3 is 0 Å². The zero-order valence-corrected chi connectivity index (χ0v) is 13.1. The lowest BCUT2D eigenvalue weighted by molar-refractivity contribution is -0.117. The highest BCUT2D eigenvalue weighted by Gasteiger charge is 2.30. The SMILES string of the molecule is CN1CC(=O)N(c2ccccc2)Cc2c(NC3CC3)ncnc21. The predicted octanol–water partition coefficient (Wildman–Crippen LogP) is 2.03. The van der Waals surface area contributed by atoms with Crippen molar-refractivity contribution in [2.45, 2.75) is 25.4 Å². The van der Waals surface area contributed by atoms with E-state index < -0.39 is 0 Å². The maximum Gasteiger partial charge on any atom is 0.246 e. The number of aromatic nitrogens is 2. The number of carbonyl (C=O) groups is 1. The van der Waals surface area contributed by atoms with Crippen molar-refractivity contribution >= 4 is 23.2 Å². The molecule has 1 aliphatic carbocycles. The van der Waals surface area contributed by atoms with E-state index in [-0.39, 0.29) is 5.91 Å². The maximum absolute atomic E-state index is 12.7. The fraction of sp³-hybridized carbons (Fsp3) is 0.353. The van der Waals surface area contributed by atoms with E-state index in [1.54, 1.807) is 6.33 Å². The second-order valence-electron chi connectivity index (χ2n) is 6.11. The first-order chi connectivity index (χ1) is 11.2. The lowest BCUT2D eigenvalue weighted by Crippen LogP contribution is -2.35. The quantitative estimate of drug-likeness (QED) is 0.940. The van der Waals surface area contributed by atoms with Crippen LogP contribution in [0.4, 0.5) is 17.3 Å². The van der Waals surface area contributed by atoms with Gasteiger partial charge in [0.15, 0.2) is 0 Å². The number of rotatable bonds is 3. The normalized spacial score (nSPS) is 17.7. The monoisotopic (exact) mass is 309 g/mol. The Morgan fingerprint density at radius 2 is 1.91 bits per heavy atom. The van der Waals surface area contributed by atoms with Gasteiger partial charge in [0.2, 0.25) is 5.91 Å². The van der Waals surface area contributed by atoms with Gasteiger partial charge in [-0.15, -0.1) is 0 Å². The van der Waals surface area contributed by atoms with Crippen LogP contribution in [-0.4, -0.2) is 35.5 Å². The summed E-state index contributed by atoms with van der Waals surface area (Å²) in [6.07, 6.45) is 3.93. The van der Waals surface area contributed by atoms with Crippen LogP contribution in [0.5, 0.6) is 0 Å². The molecule has 1 N–H and O–H groups in total. The van der Waals surface area contributed by atoms with Gasteiger partial charge in [-0.25, -0.2) is 9.97 Å². The first kappa shape index (κ1) is 14.0. The Morgan fingerprint density at radius 1 is 1.13 bits per heavy atom. The van der Waals surface area contributed by atoms with Crippen molar-refractivity contribution < 1.29 is 4.79 Å². The van der Waals surface area contributed by atoms with Crippen molar-refractivity contribution in [1.29, 1.82) is 0 Å². The third kappa shape index (κ3) is 2.72. The molecule has 1 amide bonds. The van der Waals surface area contributed by atoms with Crippen LogP contribution < -0.4 is 15.1 Å². The van der Waals surface area contributed by atoms with Crippen molar-refractivity contribution in [3.8, 4) is 0 Å². The molecule has 6 nitrogen and oxygen atoms in total. The Bertz CT molecular complexity index is 729. The molecule has 0 atom stereocenters. The molecule has 1 aliphatic heterocycles. The second kappa shape index (κ2) is 5.53. The van der Waals surface area contributed by atoms with Crippen LogP contribution in [0.2, 0.25) is 0 Å². The largest absolute Gasteiger partial charge is 0.367 e. The van der Waals surface area contributed by atoms with Crippen LogP contribution in [0.1, 0.15) is 18.4 Å². The highest BCUT2D eigenvalue weighted by molar-refractivity contribution is 5.97. The number of hydrogen-bond donors (Lipinski definition) is 1. The van der Waals surface area contributed by atoms with Gasteiger partial charge in [0.1, 0.15) is 18.0 Å². The summed E-state index contributed by atoms with van der Waals surface area (Å²) in [5.74, 6) is 1.74. The van der Waals surface area contributed by atoms with Crippen molar-refractivity contribution in [3.63, 3.8) is 0 Å². The molecule has 23 heavy (non-hydrogen) atoms. The van der Waals surface area contributed by atoms with Crippen LogP contribution in [0, 0.1) is 0 Å². The summed E-state index contributed by atoms with van der Waals surface area (Å²) < 4.78 is 0. The standard InChI is InChI=1S/C17H19N5O/c1-21-10-15(23)22(13-5-3-2-4-6-13)9-14-16(20-12-7-8-12)18-11-19-17(14)21/h2-6,11-12H,7-10H2,1H3,(H,18,19,20). The van der Waals surface area contributed by atoms with Gasteiger partial charge < -0.3 is 15.1 Å².